The van der Waals surface area contributed by atoms with Crippen molar-refractivity contribution in [2.75, 3.05) is 0 Å². The van der Waals surface area contributed by atoms with Crippen molar-refractivity contribution in [3.8, 4) is 10.4 Å². The summed E-state index contributed by atoms with van der Waals surface area (Å²) in [6.45, 7) is 2.17. The molecular weight excluding hydrogens is 374 g/mol. The van der Waals surface area contributed by atoms with Gasteiger partial charge in [-0.3, -0.25) is 0 Å². The van der Waals surface area contributed by atoms with Gasteiger partial charge in [0.25, 0.3) is 0 Å². The molecule has 1 aromatic carbocycles. The van der Waals surface area contributed by atoms with Crippen LogP contribution in [0.25, 0.3) is 10.4 Å². The van der Waals surface area contributed by atoms with Gasteiger partial charge in [0, 0.05) is 30.3 Å². The summed E-state index contributed by atoms with van der Waals surface area (Å²) in [6, 6.07) is 10.7. The van der Waals surface area contributed by atoms with Crippen molar-refractivity contribution in [3.05, 3.63) is 44.2 Å². The maximum atomic E-state index is 6.15. The van der Waals surface area contributed by atoms with Crippen molar-refractivity contribution < 1.29 is 0 Å². The van der Waals surface area contributed by atoms with Crippen LogP contribution >= 0.6 is 43.2 Å². The van der Waals surface area contributed by atoms with Gasteiger partial charge in [-0.15, -0.1) is 11.3 Å². The third-order valence-electron chi connectivity index (χ3n) is 2.79. The van der Waals surface area contributed by atoms with E-state index < -0.39 is 0 Å². The molecule has 1 heterocycles. The molecule has 0 aliphatic carbocycles. The molecule has 2 N–H and O–H groups in total. The molecule has 0 aliphatic rings. The van der Waals surface area contributed by atoms with Crippen LogP contribution in [0.3, 0.4) is 0 Å². The van der Waals surface area contributed by atoms with Crippen molar-refractivity contribution >= 4 is 43.2 Å². The van der Waals surface area contributed by atoms with Crippen molar-refractivity contribution in [2.45, 2.75) is 25.8 Å². The molecule has 18 heavy (non-hydrogen) atoms. The third-order valence-corrected chi connectivity index (χ3v) is 5.22. The highest BCUT2D eigenvalue weighted by Crippen LogP contribution is 2.37. The van der Waals surface area contributed by atoms with E-state index in [1.807, 2.05) is 6.07 Å². The molecule has 0 amide bonds. The lowest BCUT2D eigenvalue weighted by molar-refractivity contribution is 0.648. The molecule has 0 spiro atoms. The minimum absolute atomic E-state index is 0.166. The van der Waals surface area contributed by atoms with Gasteiger partial charge in [0.15, 0.2) is 0 Å². The maximum Gasteiger partial charge on any atom is 0.0389 e. The van der Waals surface area contributed by atoms with Crippen molar-refractivity contribution in [1.29, 1.82) is 0 Å². The molecule has 0 radical (unpaired) electrons. The Labute approximate surface area is 129 Å². The largest absolute Gasteiger partial charge is 0.323 e. The fourth-order valence-electron chi connectivity index (χ4n) is 1.84. The molecule has 1 aromatic heterocycles. The van der Waals surface area contributed by atoms with Crippen molar-refractivity contribution in [1.82, 2.24) is 0 Å². The number of benzene rings is 1. The average Bonchev–Trinajstić information content (AvgIpc) is 2.82. The summed E-state index contributed by atoms with van der Waals surface area (Å²) in [5.74, 6) is 0. The Hall–Kier alpha value is -0.160. The SMILES string of the molecule is CCCC(N)c1ccc(-c2cc(Br)ccc2Br)s1. The van der Waals surface area contributed by atoms with Crippen LogP contribution in [0.15, 0.2) is 39.3 Å². The lowest BCUT2D eigenvalue weighted by atomic mass is 10.1. The first-order valence-corrected chi connectivity index (χ1v) is 8.32. The smallest absolute Gasteiger partial charge is 0.0389 e. The molecule has 0 saturated carbocycles. The third kappa shape index (κ3) is 3.23. The Bertz CT molecular complexity index is 536. The summed E-state index contributed by atoms with van der Waals surface area (Å²) >= 11 is 8.89. The van der Waals surface area contributed by atoms with E-state index >= 15 is 0 Å². The second-order valence-corrected chi connectivity index (χ2v) is 7.11. The van der Waals surface area contributed by atoms with Crippen LogP contribution in [0.1, 0.15) is 30.7 Å². The molecule has 96 valence electrons. The van der Waals surface area contributed by atoms with Crippen LogP contribution in [0.5, 0.6) is 0 Å². The second kappa shape index (κ2) is 6.33. The predicted molar refractivity (Wildman–Crippen MR) is 87.0 cm³/mol. The van der Waals surface area contributed by atoms with Gasteiger partial charge in [0.05, 0.1) is 0 Å². The topological polar surface area (TPSA) is 26.0 Å². The molecule has 1 nitrogen and oxygen atoms in total. The molecule has 0 saturated heterocycles. The fraction of sp³-hybridized carbons (Fsp3) is 0.286. The zero-order chi connectivity index (χ0) is 13.1. The standard InChI is InChI=1S/C14H15Br2NS/c1-2-3-12(17)14-7-6-13(18-14)10-8-9(15)4-5-11(10)16/h4-8,12H,2-3,17H2,1H3. The summed E-state index contributed by atoms with van der Waals surface area (Å²) in [4.78, 5) is 2.52. The molecule has 1 atom stereocenters. The van der Waals surface area contributed by atoms with Gasteiger partial charge in [-0.25, -0.2) is 0 Å². The maximum absolute atomic E-state index is 6.15. The minimum Gasteiger partial charge on any atom is -0.323 e. The Morgan fingerprint density at radius 1 is 1.22 bits per heavy atom. The summed E-state index contributed by atoms with van der Waals surface area (Å²) in [5.41, 5.74) is 7.37. The summed E-state index contributed by atoms with van der Waals surface area (Å²) in [6.07, 6.45) is 2.16. The van der Waals surface area contributed by atoms with E-state index in [-0.39, 0.29) is 6.04 Å². The van der Waals surface area contributed by atoms with E-state index in [9.17, 15) is 0 Å². The first-order chi connectivity index (χ1) is 8.61. The minimum atomic E-state index is 0.166. The van der Waals surface area contributed by atoms with Gasteiger partial charge in [0.2, 0.25) is 0 Å². The first-order valence-electron chi connectivity index (χ1n) is 5.92. The van der Waals surface area contributed by atoms with Gasteiger partial charge < -0.3 is 5.73 Å². The van der Waals surface area contributed by atoms with Gasteiger partial charge in [-0.1, -0.05) is 45.2 Å². The van der Waals surface area contributed by atoms with E-state index in [4.69, 9.17) is 5.73 Å². The predicted octanol–water partition coefficient (Wildman–Crippen LogP) is 5.74. The van der Waals surface area contributed by atoms with Crippen LogP contribution in [0, 0.1) is 0 Å². The van der Waals surface area contributed by atoms with Crippen LogP contribution in [-0.4, -0.2) is 0 Å². The van der Waals surface area contributed by atoms with E-state index in [1.165, 1.54) is 15.3 Å². The number of hydrogen-bond acceptors (Lipinski definition) is 2. The van der Waals surface area contributed by atoms with E-state index in [0.29, 0.717) is 0 Å². The molecular formula is C14H15Br2NS. The van der Waals surface area contributed by atoms with Crippen molar-refractivity contribution in [3.63, 3.8) is 0 Å². The van der Waals surface area contributed by atoms with Crippen LogP contribution < -0.4 is 5.73 Å². The van der Waals surface area contributed by atoms with Gasteiger partial charge in [0.1, 0.15) is 0 Å². The van der Waals surface area contributed by atoms with Gasteiger partial charge >= 0.3 is 0 Å². The Morgan fingerprint density at radius 2 is 2.00 bits per heavy atom. The molecule has 1 unspecified atom stereocenters. The van der Waals surface area contributed by atoms with E-state index in [0.717, 1.165) is 21.8 Å². The Morgan fingerprint density at radius 3 is 2.72 bits per heavy atom. The summed E-state index contributed by atoms with van der Waals surface area (Å²) in [7, 11) is 0. The Balaban J connectivity index is 2.32. The van der Waals surface area contributed by atoms with Crippen LogP contribution in [0.2, 0.25) is 0 Å². The number of rotatable bonds is 4. The molecule has 4 heteroatoms. The van der Waals surface area contributed by atoms with Gasteiger partial charge in [-0.05, 0) is 36.8 Å². The zero-order valence-corrected chi connectivity index (χ0v) is 14.1. The van der Waals surface area contributed by atoms with E-state index in [1.54, 1.807) is 11.3 Å². The van der Waals surface area contributed by atoms with Crippen LogP contribution in [-0.2, 0) is 0 Å². The van der Waals surface area contributed by atoms with Crippen LogP contribution in [0.4, 0.5) is 0 Å². The lowest BCUT2D eigenvalue weighted by Gasteiger charge is -2.07. The van der Waals surface area contributed by atoms with E-state index in [2.05, 4.69) is 63.0 Å². The number of halogens is 2. The monoisotopic (exact) mass is 387 g/mol. The lowest BCUT2D eigenvalue weighted by Crippen LogP contribution is -2.07. The van der Waals surface area contributed by atoms with Gasteiger partial charge in [-0.2, -0.15) is 0 Å². The van der Waals surface area contributed by atoms with Crippen molar-refractivity contribution in [2.24, 2.45) is 5.73 Å². The quantitative estimate of drug-likeness (QED) is 0.709. The number of thiophene rings is 1. The fourth-order valence-corrected chi connectivity index (χ4v) is 3.86. The highest BCUT2D eigenvalue weighted by Gasteiger charge is 2.11. The number of hydrogen-bond donors (Lipinski definition) is 1. The molecule has 2 rings (SSSR count). The average molecular weight is 389 g/mol. The summed E-state index contributed by atoms with van der Waals surface area (Å²) < 4.78 is 2.21. The molecule has 0 fully saturated rings. The Kier molecular flexibility index (Phi) is 5.01. The zero-order valence-electron chi connectivity index (χ0n) is 10.1. The molecule has 2 aromatic rings. The molecule has 0 aliphatic heterocycles. The normalized spacial score (nSPS) is 12.7. The first kappa shape index (κ1) is 14.3. The highest BCUT2D eigenvalue weighted by molar-refractivity contribution is 9.11. The second-order valence-electron chi connectivity index (χ2n) is 4.22. The number of nitrogens with two attached hydrogens (primary N) is 1. The summed E-state index contributed by atoms with van der Waals surface area (Å²) in [5, 5.41) is 0. The molecule has 0 bridgehead atoms. The highest BCUT2D eigenvalue weighted by atomic mass is 79.9.